The van der Waals surface area contributed by atoms with Crippen molar-refractivity contribution >= 4 is 22.8 Å². The van der Waals surface area contributed by atoms with Crippen LogP contribution in [0.25, 0.3) is 10.9 Å². The highest BCUT2D eigenvalue weighted by atomic mass is 19.4. The van der Waals surface area contributed by atoms with Crippen LogP contribution >= 0.6 is 0 Å². The summed E-state index contributed by atoms with van der Waals surface area (Å²) >= 11 is 0. The van der Waals surface area contributed by atoms with E-state index in [-0.39, 0.29) is 5.56 Å². The van der Waals surface area contributed by atoms with Gasteiger partial charge in [0.1, 0.15) is 5.82 Å². The molecule has 0 unspecified atom stereocenters. The molecule has 1 aromatic carbocycles. The summed E-state index contributed by atoms with van der Waals surface area (Å²) in [6.07, 6.45) is -1.14. The highest BCUT2D eigenvalue weighted by Crippen LogP contribution is 2.13. The second-order valence-corrected chi connectivity index (χ2v) is 5.08. The van der Waals surface area contributed by atoms with Crippen LogP contribution in [0.4, 0.5) is 19.1 Å². The van der Waals surface area contributed by atoms with Gasteiger partial charge in [-0.15, -0.1) is 0 Å². The predicted molar refractivity (Wildman–Crippen MR) is 90.3 cm³/mol. The van der Waals surface area contributed by atoms with Crippen LogP contribution < -0.4 is 10.9 Å². The van der Waals surface area contributed by atoms with Crippen LogP contribution in [-0.4, -0.2) is 43.7 Å². The second-order valence-electron chi connectivity index (χ2n) is 5.08. The van der Waals surface area contributed by atoms with Gasteiger partial charge in [0, 0.05) is 25.4 Å². The first kappa shape index (κ1) is 19.8. The zero-order valence-electron chi connectivity index (χ0n) is 13.7. The molecule has 2 heterocycles. The molecule has 0 fully saturated rings. The summed E-state index contributed by atoms with van der Waals surface area (Å²) in [5.74, 6) is -1.54. The number of hydrogen-bond donors (Lipinski definition) is 3. The number of H-pyrrole nitrogens is 1. The topological polar surface area (TPSA) is 121 Å². The van der Waals surface area contributed by atoms with E-state index in [9.17, 15) is 18.0 Å². The van der Waals surface area contributed by atoms with Crippen molar-refractivity contribution in [1.82, 2.24) is 19.9 Å². The van der Waals surface area contributed by atoms with Gasteiger partial charge in [-0.2, -0.15) is 13.2 Å². The summed E-state index contributed by atoms with van der Waals surface area (Å²) in [4.78, 5) is 36.1. The largest absolute Gasteiger partial charge is 0.490 e. The fraction of sp³-hybridized carbons (Fsp3) is 0.188. The number of hydrogen-bond acceptors (Lipinski definition) is 6. The minimum absolute atomic E-state index is 0.110. The lowest BCUT2D eigenvalue weighted by Crippen LogP contribution is -2.21. The van der Waals surface area contributed by atoms with Crippen LogP contribution in [0.1, 0.15) is 5.82 Å². The molecule has 0 atom stereocenters. The van der Waals surface area contributed by atoms with Crippen molar-refractivity contribution in [3.05, 3.63) is 58.9 Å². The van der Waals surface area contributed by atoms with Crippen molar-refractivity contribution in [2.45, 2.75) is 12.6 Å². The van der Waals surface area contributed by atoms with Crippen LogP contribution in [-0.2, 0) is 11.2 Å². The monoisotopic (exact) mass is 381 g/mol. The lowest BCUT2D eigenvalue weighted by atomic mass is 10.2. The summed E-state index contributed by atoms with van der Waals surface area (Å²) in [6, 6.07) is 9.05. The molecule has 11 heteroatoms. The number of nitrogens with one attached hydrogen (secondary N) is 2. The molecule has 8 nitrogen and oxygen atoms in total. The van der Waals surface area contributed by atoms with E-state index in [1.54, 1.807) is 24.5 Å². The lowest BCUT2D eigenvalue weighted by molar-refractivity contribution is -0.192. The molecule has 3 N–H and O–H groups in total. The highest BCUT2D eigenvalue weighted by Gasteiger charge is 2.38. The number of aromatic amines is 1. The number of aliphatic carboxylic acids is 1. The Kier molecular flexibility index (Phi) is 6.41. The first-order valence-electron chi connectivity index (χ1n) is 7.56. The third-order valence-electron chi connectivity index (χ3n) is 3.12. The Morgan fingerprint density at radius 3 is 2.41 bits per heavy atom. The van der Waals surface area contributed by atoms with Crippen molar-refractivity contribution in [3.8, 4) is 0 Å². The van der Waals surface area contributed by atoms with E-state index in [4.69, 9.17) is 9.90 Å². The fourth-order valence-corrected chi connectivity index (χ4v) is 1.94. The Balaban J connectivity index is 0.000000321. The summed E-state index contributed by atoms with van der Waals surface area (Å²) < 4.78 is 31.7. The zero-order valence-corrected chi connectivity index (χ0v) is 13.7. The van der Waals surface area contributed by atoms with Crippen LogP contribution in [0, 0.1) is 0 Å². The van der Waals surface area contributed by atoms with Gasteiger partial charge in [0.05, 0.1) is 10.9 Å². The lowest BCUT2D eigenvalue weighted by Gasteiger charge is -2.04. The van der Waals surface area contributed by atoms with E-state index >= 15 is 0 Å². The zero-order chi connectivity index (χ0) is 19.9. The van der Waals surface area contributed by atoms with Crippen LogP contribution in [0.5, 0.6) is 0 Å². The second kappa shape index (κ2) is 8.74. The standard InChI is InChI=1S/C14H13N5O.C2HF3O2/c20-13-10-4-1-2-5-11(10)18-12(19-13)6-9-17-14-15-7-3-8-16-14;3-2(4,5)1(6)7/h1-5,7-8H,6,9H2,(H,15,16,17)(H,18,19,20);(H,6,7). The Labute approximate surface area is 150 Å². The molecule has 0 amide bonds. The number of benzene rings is 1. The third-order valence-corrected chi connectivity index (χ3v) is 3.12. The van der Waals surface area contributed by atoms with Crippen molar-refractivity contribution in [2.24, 2.45) is 0 Å². The molecular formula is C16H14F3N5O3. The molecule has 0 aliphatic heterocycles. The number of carboxylic acids is 1. The number of carboxylic acid groups (broad SMARTS) is 1. The Morgan fingerprint density at radius 2 is 1.78 bits per heavy atom. The SMILES string of the molecule is O=C(O)C(F)(F)F.O=c1[nH]c(CCNc2ncccn2)nc2ccccc12. The minimum Gasteiger partial charge on any atom is -0.475 e. The van der Waals surface area contributed by atoms with Crippen molar-refractivity contribution in [2.75, 3.05) is 11.9 Å². The van der Waals surface area contributed by atoms with Gasteiger partial charge in [-0.3, -0.25) is 4.79 Å². The molecule has 0 aliphatic carbocycles. The van der Waals surface area contributed by atoms with Crippen molar-refractivity contribution in [1.29, 1.82) is 0 Å². The van der Waals surface area contributed by atoms with Crippen molar-refractivity contribution in [3.63, 3.8) is 0 Å². The molecule has 0 radical (unpaired) electrons. The van der Waals surface area contributed by atoms with Gasteiger partial charge >= 0.3 is 12.1 Å². The first-order chi connectivity index (χ1) is 12.8. The van der Waals surface area contributed by atoms with E-state index < -0.39 is 12.1 Å². The molecule has 3 rings (SSSR count). The van der Waals surface area contributed by atoms with E-state index in [2.05, 4.69) is 25.3 Å². The molecule has 142 valence electrons. The number of halogens is 3. The summed E-state index contributed by atoms with van der Waals surface area (Å²) in [6.45, 7) is 0.602. The number of anilines is 1. The van der Waals surface area contributed by atoms with Gasteiger partial charge in [-0.05, 0) is 18.2 Å². The third kappa shape index (κ3) is 6.06. The fourth-order valence-electron chi connectivity index (χ4n) is 1.94. The molecule has 0 spiro atoms. The maximum absolute atomic E-state index is 11.9. The van der Waals surface area contributed by atoms with Gasteiger partial charge in [0.15, 0.2) is 0 Å². The predicted octanol–water partition coefficient (Wildman–Crippen LogP) is 2.00. The van der Waals surface area contributed by atoms with Crippen LogP contribution in [0.3, 0.4) is 0 Å². The number of carbonyl (C=O) groups is 1. The number of nitrogens with zero attached hydrogens (tertiary/aromatic N) is 3. The normalized spacial score (nSPS) is 10.8. The van der Waals surface area contributed by atoms with E-state index in [1.807, 2.05) is 18.2 Å². The number of fused-ring (bicyclic) bond motifs is 1. The number of rotatable bonds is 4. The average Bonchev–Trinajstić information content (AvgIpc) is 2.62. The number of para-hydroxylation sites is 1. The Bertz CT molecular complexity index is 961. The van der Waals surface area contributed by atoms with Gasteiger partial charge in [-0.1, -0.05) is 12.1 Å². The van der Waals surface area contributed by atoms with Gasteiger partial charge < -0.3 is 15.4 Å². The highest BCUT2D eigenvalue weighted by molar-refractivity contribution is 5.77. The molecule has 0 saturated heterocycles. The molecular weight excluding hydrogens is 367 g/mol. The van der Waals surface area contributed by atoms with E-state index in [1.165, 1.54) is 0 Å². The summed E-state index contributed by atoms with van der Waals surface area (Å²) in [5.41, 5.74) is 0.601. The van der Waals surface area contributed by atoms with Crippen molar-refractivity contribution < 1.29 is 23.1 Å². The summed E-state index contributed by atoms with van der Waals surface area (Å²) in [7, 11) is 0. The smallest absolute Gasteiger partial charge is 0.475 e. The number of aromatic nitrogens is 4. The molecule has 0 bridgehead atoms. The Morgan fingerprint density at radius 1 is 1.15 bits per heavy atom. The van der Waals surface area contributed by atoms with Gasteiger partial charge in [0.25, 0.3) is 5.56 Å². The molecule has 27 heavy (non-hydrogen) atoms. The van der Waals surface area contributed by atoms with Gasteiger partial charge in [-0.25, -0.2) is 19.7 Å². The summed E-state index contributed by atoms with van der Waals surface area (Å²) in [5, 5.41) is 10.8. The maximum atomic E-state index is 11.9. The van der Waals surface area contributed by atoms with Crippen LogP contribution in [0.2, 0.25) is 0 Å². The maximum Gasteiger partial charge on any atom is 0.490 e. The van der Waals surface area contributed by atoms with E-state index in [0.29, 0.717) is 35.6 Å². The van der Waals surface area contributed by atoms with E-state index in [0.717, 1.165) is 0 Å². The number of alkyl halides is 3. The Hall–Kier alpha value is -3.50. The molecule has 0 aliphatic rings. The first-order valence-corrected chi connectivity index (χ1v) is 7.56. The van der Waals surface area contributed by atoms with Crippen LogP contribution in [0.15, 0.2) is 47.5 Å². The molecule has 3 aromatic rings. The quantitative estimate of drug-likeness (QED) is 0.632. The minimum atomic E-state index is -5.08. The molecule has 2 aromatic heterocycles. The van der Waals surface area contributed by atoms with Gasteiger partial charge in [0.2, 0.25) is 5.95 Å². The average molecular weight is 381 g/mol. The molecule has 0 saturated carbocycles.